The topological polar surface area (TPSA) is 312 Å². The standard InChI is InChI=1S/C37H56N7O16P/c45-30(38-13-14-44-31(46)8-9-32(44)47)10-16-55-18-20-57-22-23-58-21-19-56-17-15-43-25-27(41-42-43)3-1-2-12-39-37(51)40-26-4-6-28(7-5-26)59-36-35(50)34(49)33(48)29(60-36)11-24-61(52,53)54/h4-9,25,29,33-36,48-50H,1-3,10-24H2,(H,38,45)(H2,39,40,51)(H2,52,53,54)/t29-,33-,34+,35+,36+/m1/s1. The van der Waals surface area contributed by atoms with Crippen LogP contribution in [0, 0.1) is 0 Å². The molecular formula is C37H56N7O16P. The number of carbonyl (C=O) groups is 4. The lowest BCUT2D eigenvalue weighted by Gasteiger charge is -2.40. The molecule has 2 aliphatic heterocycles. The number of anilines is 1. The number of nitrogens with zero attached hydrogens (tertiary/aromatic N) is 4. The van der Waals surface area contributed by atoms with Crippen LogP contribution < -0.4 is 20.7 Å². The van der Waals surface area contributed by atoms with Crippen LogP contribution in [0.4, 0.5) is 10.5 Å². The molecule has 0 bridgehead atoms. The van der Waals surface area contributed by atoms with Crippen molar-refractivity contribution in [1.82, 2.24) is 30.5 Å². The number of rotatable bonds is 29. The number of unbranched alkanes of at least 4 members (excludes halogenated alkanes) is 1. The average molecular weight is 886 g/mol. The van der Waals surface area contributed by atoms with E-state index in [1.807, 2.05) is 6.20 Å². The fourth-order valence-corrected chi connectivity index (χ4v) is 6.39. The summed E-state index contributed by atoms with van der Waals surface area (Å²) in [6, 6.07) is 5.67. The number of benzene rings is 1. The Kier molecular flexibility index (Phi) is 21.1. The number of urea groups is 1. The molecule has 8 N–H and O–H groups in total. The molecule has 1 aromatic carbocycles. The van der Waals surface area contributed by atoms with E-state index in [1.165, 1.54) is 24.3 Å². The van der Waals surface area contributed by atoms with E-state index in [-0.39, 0.29) is 56.0 Å². The number of carbonyl (C=O) groups excluding carboxylic acids is 4. The van der Waals surface area contributed by atoms with Gasteiger partial charge in [0, 0.05) is 50.1 Å². The van der Waals surface area contributed by atoms with Gasteiger partial charge in [-0.15, -0.1) is 5.10 Å². The van der Waals surface area contributed by atoms with E-state index in [2.05, 4.69) is 26.3 Å². The van der Waals surface area contributed by atoms with Gasteiger partial charge in [0.2, 0.25) is 12.2 Å². The second kappa shape index (κ2) is 26.2. The molecule has 0 unspecified atom stereocenters. The number of aryl methyl sites for hydroxylation is 1. The van der Waals surface area contributed by atoms with Gasteiger partial charge < -0.3 is 69.5 Å². The van der Waals surface area contributed by atoms with Crippen LogP contribution in [0.3, 0.4) is 0 Å². The molecule has 24 heteroatoms. The number of aliphatic hydroxyl groups excluding tert-OH is 3. The molecule has 3 heterocycles. The highest BCUT2D eigenvalue weighted by atomic mass is 31.2. The number of ether oxygens (including phenoxy) is 6. The Hall–Kier alpha value is -4.39. The highest BCUT2D eigenvalue weighted by Crippen LogP contribution is 2.37. The lowest BCUT2D eigenvalue weighted by Crippen LogP contribution is -2.59. The summed E-state index contributed by atoms with van der Waals surface area (Å²) in [5.41, 5.74) is 1.27. The van der Waals surface area contributed by atoms with Crippen LogP contribution in [0.5, 0.6) is 5.75 Å². The predicted molar refractivity (Wildman–Crippen MR) is 212 cm³/mol. The zero-order chi connectivity index (χ0) is 44.0. The van der Waals surface area contributed by atoms with E-state index in [4.69, 9.17) is 38.2 Å². The second-order valence-corrected chi connectivity index (χ2v) is 15.6. The molecule has 0 radical (unpaired) electrons. The number of hydrogen-bond acceptors (Lipinski definition) is 16. The van der Waals surface area contributed by atoms with Gasteiger partial charge in [0.05, 0.1) is 77.4 Å². The first-order valence-corrected chi connectivity index (χ1v) is 21.6. The first-order valence-electron chi connectivity index (χ1n) is 19.8. The van der Waals surface area contributed by atoms with Crippen molar-refractivity contribution in [3.05, 3.63) is 48.3 Å². The molecular weight excluding hydrogens is 829 g/mol. The van der Waals surface area contributed by atoms with Crippen LogP contribution in [-0.4, -0.2) is 178 Å². The maximum Gasteiger partial charge on any atom is 0.325 e. The Morgan fingerprint density at radius 3 is 2.08 bits per heavy atom. The highest BCUT2D eigenvalue weighted by Gasteiger charge is 2.45. The Bertz CT molecular complexity index is 1730. The highest BCUT2D eigenvalue weighted by molar-refractivity contribution is 7.51. The minimum atomic E-state index is -4.38. The van der Waals surface area contributed by atoms with Gasteiger partial charge in [-0.25, -0.2) is 9.48 Å². The molecule has 5 atom stereocenters. The van der Waals surface area contributed by atoms with E-state index < -0.39 is 50.5 Å². The lowest BCUT2D eigenvalue weighted by molar-refractivity contribution is -0.272. The third-order valence-electron chi connectivity index (χ3n) is 9.08. The molecule has 0 aliphatic carbocycles. The van der Waals surface area contributed by atoms with Gasteiger partial charge in [-0.3, -0.25) is 23.8 Å². The Morgan fingerprint density at radius 1 is 0.787 bits per heavy atom. The van der Waals surface area contributed by atoms with Crippen molar-refractivity contribution in [1.29, 1.82) is 0 Å². The summed E-state index contributed by atoms with van der Waals surface area (Å²) in [6.45, 7) is 4.15. The van der Waals surface area contributed by atoms with Crippen LogP contribution in [0.15, 0.2) is 42.6 Å². The lowest BCUT2D eigenvalue weighted by atomic mass is 9.97. The number of amides is 5. The molecule has 1 saturated heterocycles. The van der Waals surface area contributed by atoms with Gasteiger partial charge in [-0.05, 0) is 49.9 Å². The first kappa shape index (κ1) is 49.3. The van der Waals surface area contributed by atoms with Crippen molar-refractivity contribution in [2.45, 2.75) is 69.4 Å². The largest absolute Gasteiger partial charge is 0.462 e. The van der Waals surface area contributed by atoms with Gasteiger partial charge in [-0.2, -0.15) is 0 Å². The SMILES string of the molecule is O=C(CCOCCOCCOCCOCCn1cc(CCCCNC(=O)Nc2ccc(O[C@H]3O[C@H](CCP(=O)(O)O)[C@@H](O)[C@H](O)[C@@H]3O)cc2)nn1)NCCN1C(=O)C=CC1=O. The summed E-state index contributed by atoms with van der Waals surface area (Å²) in [5, 5.41) is 47.1. The van der Waals surface area contributed by atoms with Crippen molar-refractivity contribution in [2.24, 2.45) is 0 Å². The molecule has 2 aliphatic rings. The van der Waals surface area contributed by atoms with E-state index in [1.54, 1.807) is 16.8 Å². The molecule has 4 rings (SSSR count). The first-order chi connectivity index (χ1) is 29.3. The third-order valence-corrected chi connectivity index (χ3v) is 9.92. The number of nitrogens with one attached hydrogen (secondary N) is 3. The number of aliphatic hydroxyl groups is 3. The van der Waals surface area contributed by atoms with Crippen molar-refractivity contribution in [3.8, 4) is 5.75 Å². The molecule has 1 fully saturated rings. The Morgan fingerprint density at radius 2 is 1.43 bits per heavy atom. The smallest absolute Gasteiger partial charge is 0.325 e. The summed E-state index contributed by atoms with van der Waals surface area (Å²) in [5.74, 6) is -0.794. The molecule has 61 heavy (non-hydrogen) atoms. The number of imide groups is 1. The van der Waals surface area contributed by atoms with Gasteiger partial charge in [0.1, 0.15) is 24.1 Å². The van der Waals surface area contributed by atoms with Gasteiger partial charge in [0.15, 0.2) is 0 Å². The summed E-state index contributed by atoms with van der Waals surface area (Å²) in [6.07, 6.45) is -1.75. The third kappa shape index (κ3) is 18.6. The number of hydrogen-bond donors (Lipinski definition) is 8. The monoisotopic (exact) mass is 885 g/mol. The van der Waals surface area contributed by atoms with Crippen molar-refractivity contribution < 1.29 is 77.3 Å². The van der Waals surface area contributed by atoms with Crippen LogP contribution in [0.2, 0.25) is 0 Å². The van der Waals surface area contributed by atoms with Gasteiger partial charge in [-0.1, -0.05) is 5.21 Å². The Labute approximate surface area is 351 Å². The predicted octanol–water partition coefficient (Wildman–Crippen LogP) is -1.33. The molecule has 0 saturated carbocycles. The van der Waals surface area contributed by atoms with E-state index in [0.717, 1.165) is 17.0 Å². The van der Waals surface area contributed by atoms with Crippen molar-refractivity contribution in [2.75, 3.05) is 84.0 Å². The normalized spacial score (nSPS) is 20.3. The van der Waals surface area contributed by atoms with E-state index >= 15 is 0 Å². The molecule has 1 aromatic heterocycles. The van der Waals surface area contributed by atoms with Crippen molar-refractivity contribution in [3.63, 3.8) is 0 Å². The fourth-order valence-electron chi connectivity index (χ4n) is 5.80. The number of aromatic nitrogens is 3. The zero-order valence-corrected chi connectivity index (χ0v) is 34.5. The maximum absolute atomic E-state index is 12.4. The minimum Gasteiger partial charge on any atom is -0.462 e. The maximum atomic E-state index is 12.4. The second-order valence-electron chi connectivity index (χ2n) is 13.9. The zero-order valence-electron chi connectivity index (χ0n) is 33.6. The van der Waals surface area contributed by atoms with Crippen LogP contribution in [-0.2, 0) is 55.6 Å². The molecule has 5 amide bonds. The summed E-state index contributed by atoms with van der Waals surface area (Å²) in [4.78, 5) is 66.5. The minimum absolute atomic E-state index is 0.122. The Balaban J connectivity index is 0.933. The van der Waals surface area contributed by atoms with Gasteiger partial charge >= 0.3 is 13.6 Å². The van der Waals surface area contributed by atoms with Crippen LogP contribution in [0.25, 0.3) is 0 Å². The van der Waals surface area contributed by atoms with Gasteiger partial charge in [0.25, 0.3) is 11.8 Å². The van der Waals surface area contributed by atoms with Crippen molar-refractivity contribution >= 4 is 37.0 Å². The molecule has 340 valence electrons. The van der Waals surface area contributed by atoms with Crippen LogP contribution >= 0.6 is 7.60 Å². The summed E-state index contributed by atoms with van der Waals surface area (Å²) < 4.78 is 45.9. The van der Waals surface area contributed by atoms with E-state index in [9.17, 15) is 39.1 Å². The van der Waals surface area contributed by atoms with E-state index in [0.29, 0.717) is 77.9 Å². The molecule has 2 aromatic rings. The summed E-state index contributed by atoms with van der Waals surface area (Å²) in [7, 11) is -4.38. The molecule has 0 spiro atoms. The fraction of sp³-hybridized carbons (Fsp3) is 0.622. The average Bonchev–Trinajstić information content (AvgIpc) is 3.82. The quantitative estimate of drug-likeness (QED) is 0.0267. The summed E-state index contributed by atoms with van der Waals surface area (Å²) >= 11 is 0. The van der Waals surface area contributed by atoms with Crippen LogP contribution in [0.1, 0.15) is 31.4 Å². The molecule has 23 nitrogen and oxygen atoms in total.